The van der Waals surface area contributed by atoms with Crippen LogP contribution in [0.2, 0.25) is 10.0 Å². The lowest BCUT2D eigenvalue weighted by Crippen LogP contribution is -1.87. The van der Waals surface area contributed by atoms with E-state index >= 15 is 0 Å². The molecule has 9 heteroatoms. The molecule has 0 fully saturated rings. The molecule has 0 aliphatic rings. The Morgan fingerprint density at radius 2 is 1.52 bits per heavy atom. The Morgan fingerprint density at radius 1 is 0.815 bits per heavy atom. The van der Waals surface area contributed by atoms with Gasteiger partial charge in [0.05, 0.1) is 10.0 Å². The van der Waals surface area contributed by atoms with Gasteiger partial charge in [-0.05, 0) is 12.1 Å². The molecule has 2 heterocycles. The van der Waals surface area contributed by atoms with Gasteiger partial charge in [-0.2, -0.15) is 4.98 Å². The molecular formula is C18H9Cl4N3O2. The molecule has 4 rings (SSSR count). The second kappa shape index (κ2) is 7.52. The molecule has 0 aliphatic carbocycles. The minimum atomic E-state index is -0.905. The molecule has 0 saturated heterocycles. The SMILES string of the molecule is Clc1cccc(Cl)c1-c1cc(-c2ccccc2-c2noc(C(Cl)Cl)n2)on1. The van der Waals surface area contributed by atoms with Crippen molar-refractivity contribution in [2.75, 3.05) is 0 Å². The van der Waals surface area contributed by atoms with Gasteiger partial charge in [0.1, 0.15) is 5.69 Å². The zero-order chi connectivity index (χ0) is 19.0. The van der Waals surface area contributed by atoms with Crippen molar-refractivity contribution in [1.82, 2.24) is 15.3 Å². The second-order valence-electron chi connectivity index (χ2n) is 5.48. The molecule has 4 aromatic rings. The van der Waals surface area contributed by atoms with Gasteiger partial charge in [-0.1, -0.05) is 87.0 Å². The summed E-state index contributed by atoms with van der Waals surface area (Å²) in [6.07, 6.45) is 0. The van der Waals surface area contributed by atoms with E-state index in [1.54, 1.807) is 24.3 Å². The van der Waals surface area contributed by atoms with Crippen LogP contribution < -0.4 is 0 Å². The van der Waals surface area contributed by atoms with Gasteiger partial charge >= 0.3 is 0 Å². The average Bonchev–Trinajstić information content (AvgIpc) is 3.32. The fourth-order valence-corrected chi connectivity index (χ4v) is 3.36. The van der Waals surface area contributed by atoms with Gasteiger partial charge in [0.25, 0.3) is 5.89 Å². The van der Waals surface area contributed by atoms with Crippen molar-refractivity contribution in [3.8, 4) is 34.0 Å². The standard InChI is InChI=1S/C18H9Cl4N3O2/c19-11-6-3-7-12(20)15(11)13-8-14(26-24-13)9-4-1-2-5-10(9)17-23-18(16(21)22)27-25-17/h1-8,16H. The maximum atomic E-state index is 6.26. The van der Waals surface area contributed by atoms with Crippen LogP contribution in [-0.2, 0) is 0 Å². The van der Waals surface area contributed by atoms with E-state index in [2.05, 4.69) is 15.3 Å². The molecule has 0 N–H and O–H groups in total. The molecule has 0 bridgehead atoms. The Hall–Kier alpha value is -2.05. The van der Waals surface area contributed by atoms with Crippen LogP contribution in [0.3, 0.4) is 0 Å². The van der Waals surface area contributed by atoms with Crippen LogP contribution >= 0.6 is 46.4 Å². The lowest BCUT2D eigenvalue weighted by atomic mass is 10.0. The molecule has 2 aromatic heterocycles. The fourth-order valence-electron chi connectivity index (χ4n) is 2.59. The van der Waals surface area contributed by atoms with E-state index in [-0.39, 0.29) is 5.89 Å². The Morgan fingerprint density at radius 3 is 2.19 bits per heavy atom. The fraction of sp³-hybridized carbons (Fsp3) is 0.0556. The van der Waals surface area contributed by atoms with Gasteiger partial charge in [0.2, 0.25) is 5.82 Å². The highest BCUT2D eigenvalue weighted by atomic mass is 35.5. The van der Waals surface area contributed by atoms with Crippen LogP contribution in [0, 0.1) is 0 Å². The van der Waals surface area contributed by atoms with Crippen LogP contribution in [0.4, 0.5) is 0 Å². The molecule has 5 nitrogen and oxygen atoms in total. The van der Waals surface area contributed by atoms with Gasteiger partial charge in [0, 0.05) is 22.8 Å². The first-order chi connectivity index (χ1) is 13.0. The molecule has 27 heavy (non-hydrogen) atoms. The van der Waals surface area contributed by atoms with Crippen molar-refractivity contribution in [3.63, 3.8) is 0 Å². The normalized spacial score (nSPS) is 11.3. The summed E-state index contributed by atoms with van der Waals surface area (Å²) in [7, 11) is 0. The van der Waals surface area contributed by atoms with Gasteiger partial charge in [-0.15, -0.1) is 0 Å². The third-order valence-corrected chi connectivity index (χ3v) is 4.79. The summed E-state index contributed by atoms with van der Waals surface area (Å²) in [4.78, 5) is 3.31. The van der Waals surface area contributed by atoms with Crippen molar-refractivity contribution in [3.05, 3.63) is 64.5 Å². The Balaban J connectivity index is 1.78. The highest BCUT2D eigenvalue weighted by Crippen LogP contribution is 2.38. The smallest absolute Gasteiger partial charge is 0.260 e. The molecule has 0 saturated carbocycles. The van der Waals surface area contributed by atoms with E-state index in [1.165, 1.54) is 0 Å². The molecule has 0 aliphatic heterocycles. The predicted octanol–water partition coefficient (Wildman–Crippen LogP) is 6.84. The lowest BCUT2D eigenvalue weighted by molar-refractivity contribution is 0.388. The number of hydrogen-bond donors (Lipinski definition) is 0. The number of alkyl halides is 2. The molecule has 0 amide bonds. The van der Waals surface area contributed by atoms with Crippen LogP contribution in [-0.4, -0.2) is 15.3 Å². The van der Waals surface area contributed by atoms with Gasteiger partial charge < -0.3 is 9.05 Å². The zero-order valence-corrected chi connectivity index (χ0v) is 16.4. The van der Waals surface area contributed by atoms with E-state index in [1.807, 2.05) is 24.3 Å². The number of aromatic nitrogens is 3. The maximum absolute atomic E-state index is 6.26. The quantitative estimate of drug-likeness (QED) is 0.325. The minimum Gasteiger partial charge on any atom is -0.356 e. The number of benzene rings is 2. The van der Waals surface area contributed by atoms with Crippen LogP contribution in [0.1, 0.15) is 10.7 Å². The Kier molecular flexibility index (Phi) is 5.10. The molecular weight excluding hydrogens is 432 g/mol. The number of hydrogen-bond acceptors (Lipinski definition) is 5. The van der Waals surface area contributed by atoms with Crippen molar-refractivity contribution in [1.29, 1.82) is 0 Å². The van der Waals surface area contributed by atoms with Crippen molar-refractivity contribution in [2.24, 2.45) is 0 Å². The first-order valence-electron chi connectivity index (χ1n) is 7.67. The van der Waals surface area contributed by atoms with Gasteiger partial charge in [-0.3, -0.25) is 0 Å². The highest BCUT2D eigenvalue weighted by Gasteiger charge is 2.20. The average molecular weight is 441 g/mol. The molecule has 0 atom stereocenters. The number of nitrogens with zero attached hydrogens (tertiary/aromatic N) is 3. The Labute approximate surface area is 173 Å². The van der Waals surface area contributed by atoms with Crippen LogP contribution in [0.5, 0.6) is 0 Å². The molecule has 0 spiro atoms. The van der Waals surface area contributed by atoms with E-state index in [9.17, 15) is 0 Å². The van der Waals surface area contributed by atoms with Crippen LogP contribution in [0.25, 0.3) is 34.0 Å². The summed E-state index contributed by atoms with van der Waals surface area (Å²) in [6, 6.07) is 14.4. The summed E-state index contributed by atoms with van der Waals surface area (Å²) in [5.74, 6) is 0.945. The molecule has 2 aromatic carbocycles. The van der Waals surface area contributed by atoms with Gasteiger partial charge in [-0.25, -0.2) is 0 Å². The molecule has 136 valence electrons. The summed E-state index contributed by atoms with van der Waals surface area (Å²) >= 11 is 24.1. The number of rotatable bonds is 4. The van der Waals surface area contributed by atoms with E-state index in [4.69, 9.17) is 55.4 Å². The van der Waals surface area contributed by atoms with E-state index in [0.29, 0.717) is 44.0 Å². The summed E-state index contributed by atoms with van der Waals surface area (Å²) in [6.45, 7) is 0. The monoisotopic (exact) mass is 439 g/mol. The minimum absolute atomic E-state index is 0.115. The first kappa shape index (κ1) is 18.3. The zero-order valence-electron chi connectivity index (χ0n) is 13.4. The summed E-state index contributed by atoms with van der Waals surface area (Å²) in [5, 5.41) is 8.99. The van der Waals surface area contributed by atoms with Crippen LogP contribution in [0.15, 0.2) is 57.6 Å². The highest BCUT2D eigenvalue weighted by molar-refractivity contribution is 6.43. The van der Waals surface area contributed by atoms with E-state index < -0.39 is 4.84 Å². The van der Waals surface area contributed by atoms with Crippen molar-refractivity contribution in [2.45, 2.75) is 4.84 Å². The Bertz CT molecular complexity index is 1090. The summed E-state index contributed by atoms with van der Waals surface area (Å²) < 4.78 is 10.6. The summed E-state index contributed by atoms with van der Waals surface area (Å²) in [5.41, 5.74) is 2.51. The maximum Gasteiger partial charge on any atom is 0.260 e. The number of halogens is 4. The first-order valence-corrected chi connectivity index (χ1v) is 9.30. The largest absolute Gasteiger partial charge is 0.356 e. The topological polar surface area (TPSA) is 65.0 Å². The van der Waals surface area contributed by atoms with Gasteiger partial charge in [0.15, 0.2) is 10.6 Å². The molecule has 0 radical (unpaired) electrons. The lowest BCUT2D eigenvalue weighted by Gasteiger charge is -2.02. The van der Waals surface area contributed by atoms with E-state index in [0.717, 1.165) is 0 Å². The second-order valence-corrected chi connectivity index (χ2v) is 7.39. The third kappa shape index (κ3) is 3.56. The molecule has 0 unspecified atom stereocenters. The third-order valence-electron chi connectivity index (χ3n) is 3.79. The van der Waals surface area contributed by atoms with Crippen molar-refractivity contribution < 1.29 is 9.05 Å². The predicted molar refractivity (Wildman–Crippen MR) is 105 cm³/mol. The van der Waals surface area contributed by atoms with Crippen molar-refractivity contribution >= 4 is 46.4 Å².